The number of ether oxygens (including phenoxy) is 1. The summed E-state index contributed by atoms with van der Waals surface area (Å²) < 4.78 is 45.8. The molecule has 2 rings (SSSR count). The maximum absolute atomic E-state index is 13.6. The van der Waals surface area contributed by atoms with E-state index >= 15 is 0 Å². The third-order valence-electron chi connectivity index (χ3n) is 2.95. The molecule has 1 heterocycles. The first kappa shape index (κ1) is 16.4. The van der Waals surface area contributed by atoms with Gasteiger partial charge in [0.25, 0.3) is 0 Å². The van der Waals surface area contributed by atoms with Crippen molar-refractivity contribution in [2.45, 2.75) is 13.5 Å². The number of halogens is 2. The summed E-state index contributed by atoms with van der Waals surface area (Å²) in [6.45, 7) is 0.999. The minimum absolute atomic E-state index is 0.00253. The fraction of sp³-hybridized carbons (Fsp3) is 0.231. The number of carbonyl (C=O) groups is 1. The molecule has 0 bridgehead atoms. The van der Waals surface area contributed by atoms with Crippen LogP contribution in [0.2, 0.25) is 5.02 Å². The highest BCUT2D eigenvalue weighted by Gasteiger charge is 2.26. The average Bonchev–Trinajstić information content (AvgIpc) is 2.41. The molecule has 0 saturated heterocycles. The Kier molecular flexibility index (Phi) is 4.52. The maximum atomic E-state index is 13.6. The zero-order valence-corrected chi connectivity index (χ0v) is 13.3. The molecule has 1 aliphatic heterocycles. The van der Waals surface area contributed by atoms with E-state index in [1.807, 2.05) is 0 Å². The van der Waals surface area contributed by atoms with Crippen LogP contribution >= 0.6 is 11.6 Å². The largest absolute Gasteiger partial charge is 0.457 e. The molecule has 9 heteroatoms. The van der Waals surface area contributed by atoms with Gasteiger partial charge in [-0.15, -0.1) is 4.40 Å². The third kappa shape index (κ3) is 3.28. The molecule has 0 spiro atoms. The zero-order valence-electron chi connectivity index (χ0n) is 11.7. The number of esters is 1. The summed E-state index contributed by atoms with van der Waals surface area (Å²) in [5.74, 6) is -1.41. The van der Waals surface area contributed by atoms with E-state index in [0.29, 0.717) is 0 Å². The Morgan fingerprint density at radius 1 is 1.45 bits per heavy atom. The Morgan fingerprint density at radius 3 is 2.77 bits per heavy atom. The van der Waals surface area contributed by atoms with E-state index in [4.69, 9.17) is 16.3 Å². The predicted octanol–water partition coefficient (Wildman–Crippen LogP) is 2.06. The van der Waals surface area contributed by atoms with Crippen molar-refractivity contribution in [1.82, 2.24) is 4.31 Å². The lowest BCUT2D eigenvalue weighted by atomic mass is 10.2. The van der Waals surface area contributed by atoms with E-state index in [1.54, 1.807) is 0 Å². The van der Waals surface area contributed by atoms with Crippen LogP contribution in [0, 0.1) is 5.82 Å². The predicted molar refractivity (Wildman–Crippen MR) is 79.1 cm³/mol. The Balaban J connectivity index is 2.16. The number of hydrogen-bond donors (Lipinski definition) is 0. The van der Waals surface area contributed by atoms with Gasteiger partial charge in [0.05, 0.1) is 16.3 Å². The molecular formula is C13H12ClFN2O4S. The molecule has 6 nitrogen and oxygen atoms in total. The van der Waals surface area contributed by atoms with Crippen LogP contribution in [0.1, 0.15) is 12.5 Å². The van der Waals surface area contributed by atoms with Gasteiger partial charge in [-0.2, -0.15) is 8.42 Å². The van der Waals surface area contributed by atoms with Crippen LogP contribution in [0.3, 0.4) is 0 Å². The topological polar surface area (TPSA) is 76.0 Å². The third-order valence-corrected chi connectivity index (χ3v) is 4.64. The first-order valence-corrected chi connectivity index (χ1v) is 7.86. The van der Waals surface area contributed by atoms with Crippen molar-refractivity contribution >= 4 is 33.5 Å². The molecule has 22 heavy (non-hydrogen) atoms. The highest BCUT2D eigenvalue weighted by molar-refractivity contribution is 7.88. The molecule has 1 aromatic rings. The molecule has 0 atom stereocenters. The summed E-state index contributed by atoms with van der Waals surface area (Å²) >= 11 is 5.83. The van der Waals surface area contributed by atoms with Gasteiger partial charge >= 0.3 is 16.2 Å². The van der Waals surface area contributed by atoms with Crippen LogP contribution in [0.5, 0.6) is 0 Å². The molecule has 0 aliphatic carbocycles. The van der Waals surface area contributed by atoms with Crippen molar-refractivity contribution in [3.63, 3.8) is 0 Å². The van der Waals surface area contributed by atoms with Gasteiger partial charge in [-0.05, 0) is 19.1 Å². The fourth-order valence-electron chi connectivity index (χ4n) is 1.71. The highest BCUT2D eigenvalue weighted by Crippen LogP contribution is 2.21. The zero-order chi connectivity index (χ0) is 16.5. The summed E-state index contributed by atoms with van der Waals surface area (Å²) in [5.41, 5.74) is 0.0250. The molecular weight excluding hydrogens is 335 g/mol. The van der Waals surface area contributed by atoms with Crippen LogP contribution in [-0.4, -0.2) is 31.5 Å². The molecule has 1 aliphatic rings. The van der Waals surface area contributed by atoms with Crippen molar-refractivity contribution < 1.29 is 22.3 Å². The SMILES string of the molecule is CC1=NS(=O)(=O)N(C)C=C1C(=O)OCc1c(F)cccc1Cl. The van der Waals surface area contributed by atoms with Gasteiger partial charge in [-0.25, -0.2) is 9.18 Å². The van der Waals surface area contributed by atoms with Gasteiger partial charge < -0.3 is 4.74 Å². The number of nitrogens with zero attached hydrogens (tertiary/aromatic N) is 2. The number of benzene rings is 1. The van der Waals surface area contributed by atoms with Crippen LogP contribution in [0.25, 0.3) is 0 Å². The van der Waals surface area contributed by atoms with Crippen molar-refractivity contribution in [1.29, 1.82) is 0 Å². The van der Waals surface area contributed by atoms with Crippen LogP contribution in [0.4, 0.5) is 4.39 Å². The average molecular weight is 347 g/mol. The molecule has 0 saturated carbocycles. The molecule has 0 unspecified atom stereocenters. The van der Waals surface area contributed by atoms with Gasteiger partial charge in [0, 0.05) is 18.8 Å². The Labute approximate surface area is 132 Å². The van der Waals surface area contributed by atoms with E-state index in [-0.39, 0.29) is 28.5 Å². The molecule has 0 amide bonds. The first-order valence-electron chi connectivity index (χ1n) is 6.09. The molecule has 0 aromatic heterocycles. The lowest BCUT2D eigenvalue weighted by Gasteiger charge is -2.19. The molecule has 0 radical (unpaired) electrons. The maximum Gasteiger partial charge on any atom is 0.344 e. The Hall–Kier alpha value is -1.93. The summed E-state index contributed by atoms with van der Waals surface area (Å²) in [5, 5.41) is 0.135. The van der Waals surface area contributed by atoms with Crippen molar-refractivity contribution in [2.75, 3.05) is 7.05 Å². The monoisotopic (exact) mass is 346 g/mol. The second-order valence-electron chi connectivity index (χ2n) is 4.49. The second kappa shape index (κ2) is 6.05. The van der Waals surface area contributed by atoms with Gasteiger partial charge in [-0.3, -0.25) is 4.31 Å². The van der Waals surface area contributed by atoms with E-state index in [0.717, 1.165) is 10.5 Å². The minimum atomic E-state index is -3.80. The lowest BCUT2D eigenvalue weighted by molar-refractivity contribution is -0.139. The standard InChI is InChI=1S/C13H12ClFN2O4S/c1-8-9(6-17(2)22(19,20)16-8)13(18)21-7-10-11(14)4-3-5-12(10)15/h3-6H,7H2,1-2H3. The molecule has 0 N–H and O–H groups in total. The second-order valence-corrected chi connectivity index (χ2v) is 6.55. The number of hydrogen-bond acceptors (Lipinski definition) is 4. The van der Waals surface area contributed by atoms with E-state index in [1.165, 1.54) is 32.2 Å². The Morgan fingerprint density at radius 2 is 2.14 bits per heavy atom. The van der Waals surface area contributed by atoms with Gasteiger partial charge in [0.2, 0.25) is 0 Å². The van der Waals surface area contributed by atoms with E-state index in [9.17, 15) is 17.6 Å². The summed E-state index contributed by atoms with van der Waals surface area (Å²) in [4.78, 5) is 12.0. The summed E-state index contributed by atoms with van der Waals surface area (Å²) in [6, 6.07) is 4.10. The molecule has 1 aromatic carbocycles. The molecule has 118 valence electrons. The Bertz CT molecular complexity index is 769. The summed E-state index contributed by atoms with van der Waals surface area (Å²) in [7, 11) is -2.56. The van der Waals surface area contributed by atoms with Gasteiger partial charge in [-0.1, -0.05) is 17.7 Å². The van der Waals surface area contributed by atoms with E-state index in [2.05, 4.69) is 4.40 Å². The van der Waals surface area contributed by atoms with Gasteiger partial charge in [0.1, 0.15) is 12.4 Å². The smallest absolute Gasteiger partial charge is 0.344 e. The number of rotatable bonds is 3. The van der Waals surface area contributed by atoms with Crippen molar-refractivity contribution in [3.05, 3.63) is 46.4 Å². The minimum Gasteiger partial charge on any atom is -0.457 e. The van der Waals surface area contributed by atoms with Crippen LogP contribution < -0.4 is 0 Å². The summed E-state index contributed by atoms with van der Waals surface area (Å²) in [6.07, 6.45) is 1.10. The highest BCUT2D eigenvalue weighted by atomic mass is 35.5. The first-order chi connectivity index (χ1) is 10.2. The lowest BCUT2D eigenvalue weighted by Crippen LogP contribution is -2.29. The van der Waals surface area contributed by atoms with Crippen molar-refractivity contribution in [3.8, 4) is 0 Å². The molecule has 0 fully saturated rings. The van der Waals surface area contributed by atoms with E-state index < -0.39 is 22.0 Å². The van der Waals surface area contributed by atoms with Crippen LogP contribution in [0.15, 0.2) is 34.4 Å². The quantitative estimate of drug-likeness (QED) is 0.785. The normalized spacial score (nSPS) is 16.8. The van der Waals surface area contributed by atoms with Crippen LogP contribution in [-0.2, 0) is 26.3 Å². The fourth-order valence-corrected chi connectivity index (χ4v) is 2.74. The van der Waals surface area contributed by atoms with Crippen molar-refractivity contribution in [2.24, 2.45) is 4.40 Å². The van der Waals surface area contributed by atoms with Gasteiger partial charge in [0.15, 0.2) is 0 Å². The number of carbonyl (C=O) groups excluding carboxylic acids is 1.